The molecule has 0 spiro atoms. The first kappa shape index (κ1) is 19.4. The Hall–Kier alpha value is -3.87. The molecule has 0 radical (unpaired) electrons. The molecule has 2 amide bonds. The van der Waals surface area contributed by atoms with Gasteiger partial charge in [0.1, 0.15) is 11.8 Å². The number of esters is 1. The smallest absolute Gasteiger partial charge is 0.334 e. The number of ether oxygens (including phenoxy) is 1. The van der Waals surface area contributed by atoms with E-state index >= 15 is 0 Å². The lowest BCUT2D eigenvalue weighted by atomic mass is 10.2. The number of carbonyl (C=O) groups is 3. The highest BCUT2D eigenvalue weighted by molar-refractivity contribution is 6.04. The average Bonchev–Trinajstić information content (AvgIpc) is 3.47. The standard InChI is InChI=1S/C23H20N2O5/c26-21(16-6-2-1-3-7-16)24-17-10-12-18(13-11-17)30-23(28)19-8-4-14-25(19)22(27)20-9-5-15-29-20/h1-3,5-7,9-13,15,19H,4,8,14H2,(H,24,26). The van der Waals surface area contributed by atoms with Gasteiger partial charge in [-0.3, -0.25) is 9.59 Å². The van der Waals surface area contributed by atoms with Crippen molar-refractivity contribution in [3.05, 3.63) is 84.3 Å². The molecule has 0 bridgehead atoms. The summed E-state index contributed by atoms with van der Waals surface area (Å²) in [6.07, 6.45) is 2.68. The zero-order chi connectivity index (χ0) is 20.9. The molecule has 2 aromatic carbocycles. The van der Waals surface area contributed by atoms with E-state index in [0.717, 1.165) is 6.42 Å². The molecule has 4 rings (SSSR count). The highest BCUT2D eigenvalue weighted by Crippen LogP contribution is 2.23. The molecule has 1 aromatic heterocycles. The summed E-state index contributed by atoms with van der Waals surface area (Å²) in [5, 5.41) is 2.79. The largest absolute Gasteiger partial charge is 0.459 e. The Balaban J connectivity index is 1.37. The summed E-state index contributed by atoms with van der Waals surface area (Å²) >= 11 is 0. The highest BCUT2D eigenvalue weighted by atomic mass is 16.5. The summed E-state index contributed by atoms with van der Waals surface area (Å²) in [4.78, 5) is 38.8. The number of likely N-dealkylation sites (tertiary alicyclic amines) is 1. The molecule has 1 saturated heterocycles. The van der Waals surface area contributed by atoms with E-state index in [-0.39, 0.29) is 17.6 Å². The van der Waals surface area contributed by atoms with Gasteiger partial charge in [-0.05, 0) is 61.4 Å². The zero-order valence-corrected chi connectivity index (χ0v) is 16.1. The number of benzene rings is 2. The lowest BCUT2D eigenvalue weighted by Gasteiger charge is -2.22. The van der Waals surface area contributed by atoms with E-state index < -0.39 is 12.0 Å². The van der Waals surface area contributed by atoms with E-state index in [1.807, 2.05) is 6.07 Å². The molecule has 3 aromatic rings. The molecule has 0 aliphatic carbocycles. The summed E-state index contributed by atoms with van der Waals surface area (Å²) in [7, 11) is 0. The normalized spacial score (nSPS) is 15.6. The summed E-state index contributed by atoms with van der Waals surface area (Å²) < 4.78 is 10.6. The second-order valence-electron chi connectivity index (χ2n) is 6.90. The van der Waals surface area contributed by atoms with Crippen molar-refractivity contribution in [1.82, 2.24) is 4.90 Å². The Morgan fingerprint density at radius 2 is 1.73 bits per heavy atom. The SMILES string of the molecule is O=C(Nc1ccc(OC(=O)C2CCCN2C(=O)c2ccco2)cc1)c1ccccc1. The first-order valence-electron chi connectivity index (χ1n) is 9.64. The number of furan rings is 1. The molecule has 1 aliphatic heterocycles. The second-order valence-corrected chi connectivity index (χ2v) is 6.90. The molecule has 30 heavy (non-hydrogen) atoms. The van der Waals surface area contributed by atoms with Crippen LogP contribution in [0.25, 0.3) is 0 Å². The van der Waals surface area contributed by atoms with Crippen LogP contribution in [0, 0.1) is 0 Å². The quantitative estimate of drug-likeness (QED) is 0.517. The van der Waals surface area contributed by atoms with Crippen LogP contribution in [0.1, 0.15) is 33.8 Å². The van der Waals surface area contributed by atoms with Crippen molar-refractivity contribution >= 4 is 23.5 Å². The van der Waals surface area contributed by atoms with E-state index in [1.165, 1.54) is 11.2 Å². The number of nitrogens with zero attached hydrogens (tertiary/aromatic N) is 1. The predicted molar refractivity (Wildman–Crippen MR) is 109 cm³/mol. The van der Waals surface area contributed by atoms with Crippen LogP contribution >= 0.6 is 0 Å². The first-order valence-corrected chi connectivity index (χ1v) is 9.64. The number of anilines is 1. The van der Waals surface area contributed by atoms with Crippen LogP contribution in [-0.4, -0.2) is 35.3 Å². The lowest BCUT2D eigenvalue weighted by molar-refractivity contribution is -0.138. The maximum absolute atomic E-state index is 12.6. The fraction of sp³-hybridized carbons (Fsp3) is 0.174. The van der Waals surface area contributed by atoms with Crippen molar-refractivity contribution in [2.45, 2.75) is 18.9 Å². The second kappa shape index (κ2) is 8.65. The van der Waals surface area contributed by atoms with Gasteiger partial charge in [-0.2, -0.15) is 0 Å². The number of carbonyl (C=O) groups excluding carboxylic acids is 3. The Bertz CT molecular complexity index is 1030. The average molecular weight is 404 g/mol. The van der Waals surface area contributed by atoms with Gasteiger partial charge in [0, 0.05) is 17.8 Å². The molecule has 1 unspecified atom stereocenters. The molecule has 152 valence electrons. The molecule has 7 nitrogen and oxygen atoms in total. The third-order valence-electron chi connectivity index (χ3n) is 4.88. The van der Waals surface area contributed by atoms with E-state index in [2.05, 4.69) is 5.32 Å². The zero-order valence-electron chi connectivity index (χ0n) is 16.1. The number of amides is 2. The maximum atomic E-state index is 12.6. The molecule has 1 atom stereocenters. The fourth-order valence-electron chi connectivity index (χ4n) is 3.38. The van der Waals surface area contributed by atoms with Crippen LogP contribution in [0.5, 0.6) is 5.75 Å². The van der Waals surface area contributed by atoms with Gasteiger partial charge in [0.05, 0.1) is 6.26 Å². The molecule has 1 aliphatic rings. The lowest BCUT2D eigenvalue weighted by Crippen LogP contribution is -2.42. The van der Waals surface area contributed by atoms with Gasteiger partial charge in [0.25, 0.3) is 11.8 Å². The molecule has 2 heterocycles. The fourth-order valence-corrected chi connectivity index (χ4v) is 3.38. The van der Waals surface area contributed by atoms with Gasteiger partial charge in [-0.1, -0.05) is 18.2 Å². The summed E-state index contributed by atoms with van der Waals surface area (Å²) in [6.45, 7) is 0.476. The van der Waals surface area contributed by atoms with E-state index in [9.17, 15) is 14.4 Å². The summed E-state index contributed by atoms with van der Waals surface area (Å²) in [5.74, 6) is -0.492. The minimum Gasteiger partial charge on any atom is -0.459 e. The van der Waals surface area contributed by atoms with Crippen molar-refractivity contribution in [3.63, 3.8) is 0 Å². The van der Waals surface area contributed by atoms with E-state index in [4.69, 9.17) is 9.15 Å². The van der Waals surface area contributed by atoms with Crippen molar-refractivity contribution in [3.8, 4) is 5.75 Å². The van der Waals surface area contributed by atoms with Crippen LogP contribution in [0.3, 0.4) is 0 Å². The van der Waals surface area contributed by atoms with Gasteiger partial charge in [-0.25, -0.2) is 4.79 Å². The number of rotatable bonds is 5. The van der Waals surface area contributed by atoms with Crippen LogP contribution < -0.4 is 10.1 Å². The number of hydrogen-bond donors (Lipinski definition) is 1. The van der Waals surface area contributed by atoms with E-state index in [1.54, 1.807) is 60.7 Å². The Morgan fingerprint density at radius 1 is 0.967 bits per heavy atom. The van der Waals surface area contributed by atoms with Gasteiger partial charge in [0.15, 0.2) is 5.76 Å². The van der Waals surface area contributed by atoms with Crippen LogP contribution in [0.15, 0.2) is 77.4 Å². The van der Waals surface area contributed by atoms with Crippen molar-refractivity contribution < 1.29 is 23.5 Å². The first-order chi connectivity index (χ1) is 14.6. The third kappa shape index (κ3) is 4.25. The minimum atomic E-state index is -0.653. The Kier molecular flexibility index (Phi) is 5.61. The predicted octanol–water partition coefficient (Wildman–Crippen LogP) is 3.74. The Morgan fingerprint density at radius 3 is 2.43 bits per heavy atom. The molecular formula is C23H20N2O5. The van der Waals surface area contributed by atoms with Crippen molar-refractivity contribution in [2.75, 3.05) is 11.9 Å². The minimum absolute atomic E-state index is 0.202. The Labute approximate surface area is 173 Å². The number of hydrogen-bond acceptors (Lipinski definition) is 5. The summed E-state index contributed by atoms with van der Waals surface area (Å²) in [5.41, 5.74) is 1.13. The maximum Gasteiger partial charge on any atom is 0.334 e. The third-order valence-corrected chi connectivity index (χ3v) is 4.88. The summed E-state index contributed by atoms with van der Waals surface area (Å²) in [6, 6.07) is 18.0. The van der Waals surface area contributed by atoms with Crippen LogP contribution in [0.2, 0.25) is 0 Å². The van der Waals surface area contributed by atoms with Gasteiger partial charge < -0.3 is 19.4 Å². The topological polar surface area (TPSA) is 88.9 Å². The molecule has 7 heteroatoms. The molecule has 1 fully saturated rings. The molecule has 0 saturated carbocycles. The van der Waals surface area contributed by atoms with Gasteiger partial charge >= 0.3 is 5.97 Å². The highest BCUT2D eigenvalue weighted by Gasteiger charge is 2.36. The van der Waals surface area contributed by atoms with Gasteiger partial charge in [0.2, 0.25) is 0 Å². The monoisotopic (exact) mass is 404 g/mol. The number of nitrogens with one attached hydrogen (secondary N) is 1. The molecular weight excluding hydrogens is 384 g/mol. The van der Waals surface area contributed by atoms with E-state index in [0.29, 0.717) is 30.0 Å². The van der Waals surface area contributed by atoms with Crippen LogP contribution in [0.4, 0.5) is 5.69 Å². The molecule has 1 N–H and O–H groups in total. The van der Waals surface area contributed by atoms with Crippen molar-refractivity contribution in [1.29, 1.82) is 0 Å². The van der Waals surface area contributed by atoms with Gasteiger partial charge in [-0.15, -0.1) is 0 Å². The van der Waals surface area contributed by atoms with Crippen LogP contribution in [-0.2, 0) is 4.79 Å². The van der Waals surface area contributed by atoms with Crippen molar-refractivity contribution in [2.24, 2.45) is 0 Å².